The van der Waals surface area contributed by atoms with Gasteiger partial charge in [-0.15, -0.1) is 0 Å². The van der Waals surface area contributed by atoms with Crippen LogP contribution in [0, 0.1) is 5.92 Å². The summed E-state index contributed by atoms with van der Waals surface area (Å²) in [6.45, 7) is 2.37. The first kappa shape index (κ1) is 10.9. The van der Waals surface area contributed by atoms with Gasteiger partial charge in [0.2, 0.25) is 0 Å². The molecule has 2 aliphatic carbocycles. The summed E-state index contributed by atoms with van der Waals surface area (Å²) < 4.78 is 5.14. The van der Waals surface area contributed by atoms with Crippen LogP contribution in [0.4, 0.5) is 0 Å². The molecule has 0 aromatic carbocycles. The van der Waals surface area contributed by atoms with E-state index in [2.05, 4.69) is 5.32 Å². The summed E-state index contributed by atoms with van der Waals surface area (Å²) in [5, 5.41) is 3.44. The summed E-state index contributed by atoms with van der Waals surface area (Å²) >= 11 is 0. The molecule has 2 aliphatic rings. The number of hydrogen-bond acceptors (Lipinski definition) is 3. The highest BCUT2D eigenvalue weighted by molar-refractivity contribution is 5.76. The molecule has 0 aromatic rings. The number of rotatable bonds is 5. The van der Waals surface area contributed by atoms with Crippen LogP contribution in [0.3, 0.4) is 0 Å². The first-order chi connectivity index (χ1) is 7.31. The molecule has 0 radical (unpaired) electrons. The normalized spacial score (nSPS) is 24.1. The minimum absolute atomic E-state index is 0.0278. The van der Waals surface area contributed by atoms with Crippen molar-refractivity contribution < 1.29 is 9.53 Å². The van der Waals surface area contributed by atoms with E-state index in [0.717, 1.165) is 0 Å². The van der Waals surface area contributed by atoms with E-state index in [-0.39, 0.29) is 12.0 Å². The molecule has 1 N–H and O–H groups in total. The van der Waals surface area contributed by atoms with Crippen LogP contribution < -0.4 is 5.32 Å². The topological polar surface area (TPSA) is 38.3 Å². The van der Waals surface area contributed by atoms with Crippen molar-refractivity contribution in [2.45, 2.75) is 57.5 Å². The lowest BCUT2D eigenvalue weighted by molar-refractivity contribution is -0.147. The quantitative estimate of drug-likeness (QED) is 0.705. The molecule has 86 valence electrons. The molecular formula is C12H21NO2. The van der Waals surface area contributed by atoms with Gasteiger partial charge >= 0.3 is 5.97 Å². The Hall–Kier alpha value is -0.570. The number of carbonyl (C=O) groups is 1. The van der Waals surface area contributed by atoms with E-state index >= 15 is 0 Å². The maximum Gasteiger partial charge on any atom is 0.323 e. The fraction of sp³-hybridized carbons (Fsp3) is 0.917. The van der Waals surface area contributed by atoms with E-state index in [1.54, 1.807) is 0 Å². The molecule has 2 fully saturated rings. The van der Waals surface area contributed by atoms with Gasteiger partial charge in [0.05, 0.1) is 6.61 Å². The van der Waals surface area contributed by atoms with Crippen molar-refractivity contribution in [2.75, 3.05) is 6.61 Å². The molecule has 0 amide bonds. The number of hydrogen-bond donors (Lipinski definition) is 1. The lowest BCUT2D eigenvalue weighted by Gasteiger charge is -2.22. The van der Waals surface area contributed by atoms with Crippen LogP contribution >= 0.6 is 0 Å². The van der Waals surface area contributed by atoms with E-state index < -0.39 is 0 Å². The first-order valence-corrected chi connectivity index (χ1v) is 6.24. The van der Waals surface area contributed by atoms with Gasteiger partial charge in [0.15, 0.2) is 0 Å². The zero-order valence-electron chi connectivity index (χ0n) is 9.50. The molecule has 0 heterocycles. The number of carbonyl (C=O) groups excluding carboxylic acids is 1. The van der Waals surface area contributed by atoms with E-state index in [4.69, 9.17) is 4.74 Å². The Morgan fingerprint density at radius 1 is 1.33 bits per heavy atom. The van der Waals surface area contributed by atoms with Crippen molar-refractivity contribution in [3.05, 3.63) is 0 Å². The first-order valence-electron chi connectivity index (χ1n) is 6.24. The summed E-state index contributed by atoms with van der Waals surface area (Å²) in [5.74, 6) is 0.487. The second-order valence-corrected chi connectivity index (χ2v) is 4.72. The highest BCUT2D eigenvalue weighted by Gasteiger charge is 2.35. The smallest absolute Gasteiger partial charge is 0.323 e. The molecule has 1 unspecified atom stereocenters. The lowest BCUT2D eigenvalue weighted by atomic mass is 9.98. The van der Waals surface area contributed by atoms with Crippen molar-refractivity contribution >= 4 is 5.97 Å². The van der Waals surface area contributed by atoms with Crippen LogP contribution in [0.15, 0.2) is 0 Å². The van der Waals surface area contributed by atoms with Crippen molar-refractivity contribution in [3.63, 3.8) is 0 Å². The Balaban J connectivity index is 1.90. The van der Waals surface area contributed by atoms with Gasteiger partial charge in [-0.2, -0.15) is 0 Å². The van der Waals surface area contributed by atoms with Gasteiger partial charge in [-0.05, 0) is 38.5 Å². The number of nitrogens with one attached hydrogen (secondary N) is 1. The predicted molar refractivity (Wildman–Crippen MR) is 58.5 cm³/mol. The lowest BCUT2D eigenvalue weighted by Crippen LogP contribution is -2.44. The SMILES string of the molecule is CCOC(=O)C(NC1CC1)C1CCCC1. The Kier molecular flexibility index (Phi) is 3.62. The van der Waals surface area contributed by atoms with Gasteiger partial charge in [-0.1, -0.05) is 12.8 Å². The van der Waals surface area contributed by atoms with Crippen molar-refractivity contribution in [1.29, 1.82) is 0 Å². The van der Waals surface area contributed by atoms with Crippen molar-refractivity contribution in [3.8, 4) is 0 Å². The van der Waals surface area contributed by atoms with Gasteiger partial charge in [0.1, 0.15) is 6.04 Å². The van der Waals surface area contributed by atoms with Gasteiger partial charge in [0.25, 0.3) is 0 Å². The van der Waals surface area contributed by atoms with E-state index in [1.165, 1.54) is 38.5 Å². The molecule has 3 heteroatoms. The molecule has 0 aromatic heterocycles. The third-order valence-electron chi connectivity index (χ3n) is 3.40. The molecule has 3 nitrogen and oxygen atoms in total. The standard InChI is InChI=1S/C12H21NO2/c1-2-15-12(14)11(13-10-7-8-10)9-5-3-4-6-9/h9-11,13H,2-8H2,1H3. The zero-order chi connectivity index (χ0) is 10.7. The van der Waals surface area contributed by atoms with Crippen LogP contribution in [0.2, 0.25) is 0 Å². The van der Waals surface area contributed by atoms with E-state index in [1.807, 2.05) is 6.92 Å². The summed E-state index contributed by atoms with van der Waals surface area (Å²) in [5.41, 5.74) is 0. The minimum Gasteiger partial charge on any atom is -0.465 e. The summed E-state index contributed by atoms with van der Waals surface area (Å²) in [6, 6.07) is 0.556. The molecule has 0 bridgehead atoms. The minimum atomic E-state index is -0.0312. The molecular weight excluding hydrogens is 190 g/mol. The Bertz CT molecular complexity index is 220. The molecule has 0 aliphatic heterocycles. The van der Waals surface area contributed by atoms with Gasteiger partial charge < -0.3 is 10.1 Å². The molecule has 1 atom stereocenters. The average Bonchev–Trinajstić information content (AvgIpc) is 2.88. The molecule has 0 spiro atoms. The van der Waals surface area contributed by atoms with Crippen LogP contribution in [-0.2, 0) is 9.53 Å². The Labute approximate surface area is 91.6 Å². The second-order valence-electron chi connectivity index (χ2n) is 4.72. The largest absolute Gasteiger partial charge is 0.465 e. The molecule has 0 saturated heterocycles. The van der Waals surface area contributed by atoms with Crippen molar-refractivity contribution in [1.82, 2.24) is 5.32 Å². The zero-order valence-corrected chi connectivity index (χ0v) is 9.50. The van der Waals surface area contributed by atoms with Gasteiger partial charge in [-0.3, -0.25) is 4.79 Å². The third-order valence-corrected chi connectivity index (χ3v) is 3.40. The van der Waals surface area contributed by atoms with Gasteiger partial charge in [0, 0.05) is 6.04 Å². The molecule has 2 rings (SSSR count). The molecule has 15 heavy (non-hydrogen) atoms. The Morgan fingerprint density at radius 3 is 2.53 bits per heavy atom. The Morgan fingerprint density at radius 2 is 2.00 bits per heavy atom. The highest BCUT2D eigenvalue weighted by atomic mass is 16.5. The van der Waals surface area contributed by atoms with E-state index in [9.17, 15) is 4.79 Å². The van der Waals surface area contributed by atoms with Crippen LogP contribution in [0.25, 0.3) is 0 Å². The summed E-state index contributed by atoms with van der Waals surface area (Å²) in [6.07, 6.45) is 7.36. The molecule has 2 saturated carbocycles. The second kappa shape index (κ2) is 4.97. The van der Waals surface area contributed by atoms with Crippen LogP contribution in [0.5, 0.6) is 0 Å². The maximum atomic E-state index is 11.8. The highest BCUT2D eigenvalue weighted by Crippen LogP contribution is 2.30. The third kappa shape index (κ3) is 2.94. The van der Waals surface area contributed by atoms with E-state index in [0.29, 0.717) is 18.6 Å². The maximum absolute atomic E-state index is 11.8. The van der Waals surface area contributed by atoms with Gasteiger partial charge in [-0.25, -0.2) is 0 Å². The fourth-order valence-corrected chi connectivity index (χ4v) is 2.42. The van der Waals surface area contributed by atoms with Crippen LogP contribution in [-0.4, -0.2) is 24.7 Å². The summed E-state index contributed by atoms with van der Waals surface area (Å²) in [7, 11) is 0. The number of esters is 1. The fourth-order valence-electron chi connectivity index (χ4n) is 2.42. The predicted octanol–water partition coefficient (Wildman–Crippen LogP) is 1.86. The van der Waals surface area contributed by atoms with Crippen LogP contribution in [0.1, 0.15) is 45.4 Å². The monoisotopic (exact) mass is 211 g/mol. The van der Waals surface area contributed by atoms with Crippen molar-refractivity contribution in [2.24, 2.45) is 5.92 Å². The average molecular weight is 211 g/mol. The summed E-state index contributed by atoms with van der Waals surface area (Å²) in [4.78, 5) is 11.8. The number of ether oxygens (including phenoxy) is 1.